The minimum atomic E-state index is -4.99. The average Bonchev–Trinajstić information content (AvgIpc) is 1.67. The summed E-state index contributed by atoms with van der Waals surface area (Å²) in [4.78, 5) is 72.6. The maximum absolute atomic E-state index is 13.0. The van der Waals surface area contributed by atoms with E-state index in [2.05, 4.69) is 88.5 Å². The highest BCUT2D eigenvalue weighted by molar-refractivity contribution is 7.47. The molecule has 0 radical (unpaired) electrons. The first-order valence-electron chi connectivity index (χ1n) is 36.8. The van der Waals surface area contributed by atoms with Gasteiger partial charge in [0.1, 0.15) is 19.3 Å². The lowest BCUT2D eigenvalue weighted by Crippen LogP contribution is -2.30. The van der Waals surface area contributed by atoms with Crippen molar-refractivity contribution >= 4 is 39.5 Å². The molecule has 94 heavy (non-hydrogen) atoms. The number of carbonyl (C=O) groups is 4. The van der Waals surface area contributed by atoms with E-state index in [4.69, 9.17) is 37.0 Å². The molecule has 0 aromatic carbocycles. The summed E-state index contributed by atoms with van der Waals surface area (Å²) in [6.45, 7) is 4.61. The van der Waals surface area contributed by atoms with E-state index in [-0.39, 0.29) is 25.7 Å². The Morgan fingerprint density at radius 3 is 0.947 bits per heavy atom. The Morgan fingerprint density at radius 1 is 0.319 bits per heavy atom. The standard InChI is InChI=1S/C75H132O17P2/c1-5-9-13-17-21-25-29-33-34-38-40-44-48-52-56-60-73(78)86-66-71(92-75(80)62-58-54-50-46-42-37-32-28-24-20-16-12-8-4)68-90-94(83,84)88-64-69(76)63-87-93(81,82)89-67-70(91-74(79)61-57-53-49-45-41-36-31-27-23-19-15-11-7-3)65-85-72(77)59-55-51-47-43-39-35-30-26-22-18-14-10-6-2/h9,13,21,25-27,30-31,33-34,40,44,52,56,69-71,76H,5-8,10-12,14-20,22-24,28-29,32,35-39,41-43,45-51,53-55,57-68H2,1-4H3,(H,81,82)(H,83,84)/b13-9-,25-21-,30-26-,31-27-,34-33-,44-40-,56-52-. The smallest absolute Gasteiger partial charge is 0.462 e. The summed E-state index contributed by atoms with van der Waals surface area (Å²) >= 11 is 0. The molecule has 0 aromatic heterocycles. The first-order valence-corrected chi connectivity index (χ1v) is 39.8. The number of phosphoric acid groups is 2. The number of ether oxygens (including phenoxy) is 4. The zero-order valence-corrected chi connectivity index (χ0v) is 60.9. The molecule has 0 bridgehead atoms. The fraction of sp³-hybridized carbons (Fsp3) is 0.760. The topological polar surface area (TPSA) is 237 Å². The summed E-state index contributed by atoms with van der Waals surface area (Å²) < 4.78 is 68.2. The van der Waals surface area contributed by atoms with Crippen molar-refractivity contribution in [3.05, 3.63) is 85.1 Å². The van der Waals surface area contributed by atoms with Crippen LogP contribution in [0.1, 0.15) is 310 Å². The van der Waals surface area contributed by atoms with Crippen LogP contribution in [-0.4, -0.2) is 96.7 Å². The van der Waals surface area contributed by atoms with Crippen LogP contribution in [-0.2, 0) is 65.4 Å². The number of rotatable bonds is 69. The SMILES string of the molecule is CC/C=C\C/C=C\C/C=C\C/C=C\C/C=C\CC(=O)OCC(COP(=O)(O)OCC(O)COP(=O)(O)OCC(COC(=O)CCCCCCC/C=C\CCCCCC)OC(=O)CCCCCCC/C=C\CCCCCC)OC(=O)CCCCCCCCCCCCCCC. The number of carbonyl (C=O) groups excluding carboxylic acids is 4. The Hall–Kier alpha value is -3.76. The third kappa shape index (κ3) is 66.8. The molecule has 0 spiro atoms. The summed E-state index contributed by atoms with van der Waals surface area (Å²) in [5, 5.41) is 10.6. The van der Waals surface area contributed by atoms with Crippen LogP contribution < -0.4 is 0 Å². The van der Waals surface area contributed by atoms with E-state index >= 15 is 0 Å². The van der Waals surface area contributed by atoms with Gasteiger partial charge >= 0.3 is 39.5 Å². The molecule has 0 fully saturated rings. The second kappa shape index (κ2) is 67.8. The quantitative estimate of drug-likeness (QED) is 0.0169. The molecule has 544 valence electrons. The Labute approximate surface area is 570 Å². The normalized spacial score (nSPS) is 14.5. The van der Waals surface area contributed by atoms with Crippen LogP contribution in [0.2, 0.25) is 0 Å². The minimum Gasteiger partial charge on any atom is -0.462 e. The molecule has 5 atom stereocenters. The van der Waals surface area contributed by atoms with Gasteiger partial charge in [-0.25, -0.2) is 9.13 Å². The fourth-order valence-corrected chi connectivity index (χ4v) is 11.3. The van der Waals surface area contributed by atoms with Crippen LogP contribution in [0.4, 0.5) is 0 Å². The van der Waals surface area contributed by atoms with Gasteiger partial charge in [0.05, 0.1) is 32.8 Å². The van der Waals surface area contributed by atoms with Crippen molar-refractivity contribution < 1.29 is 80.2 Å². The predicted octanol–water partition coefficient (Wildman–Crippen LogP) is 20.7. The van der Waals surface area contributed by atoms with Gasteiger partial charge in [-0.2, -0.15) is 0 Å². The number of hydrogen-bond acceptors (Lipinski definition) is 15. The van der Waals surface area contributed by atoms with Gasteiger partial charge in [0.25, 0.3) is 0 Å². The molecular weight excluding hydrogens is 1230 g/mol. The van der Waals surface area contributed by atoms with Gasteiger partial charge in [-0.15, -0.1) is 0 Å². The molecule has 19 heteroatoms. The first-order chi connectivity index (χ1) is 45.7. The number of hydrogen-bond donors (Lipinski definition) is 3. The number of esters is 4. The van der Waals surface area contributed by atoms with Crippen molar-refractivity contribution in [2.75, 3.05) is 39.6 Å². The minimum absolute atomic E-state index is 0.0680. The highest BCUT2D eigenvalue weighted by Gasteiger charge is 2.30. The number of phosphoric ester groups is 2. The van der Waals surface area contributed by atoms with Crippen LogP contribution in [0.3, 0.4) is 0 Å². The van der Waals surface area contributed by atoms with Crippen LogP contribution in [0.25, 0.3) is 0 Å². The molecule has 5 unspecified atom stereocenters. The summed E-state index contributed by atoms with van der Waals surface area (Å²) in [6.07, 6.45) is 67.6. The molecule has 0 amide bonds. The zero-order valence-electron chi connectivity index (χ0n) is 59.1. The second-order valence-electron chi connectivity index (χ2n) is 24.5. The summed E-state index contributed by atoms with van der Waals surface area (Å²) in [5.74, 6) is -2.33. The van der Waals surface area contributed by atoms with Crippen LogP contribution in [0.5, 0.6) is 0 Å². The zero-order chi connectivity index (χ0) is 69.0. The Balaban J connectivity index is 5.39. The number of allylic oxidation sites excluding steroid dienone is 13. The maximum Gasteiger partial charge on any atom is 0.472 e. The van der Waals surface area contributed by atoms with E-state index < -0.39 is 97.5 Å². The van der Waals surface area contributed by atoms with Gasteiger partial charge in [-0.05, 0) is 103 Å². The van der Waals surface area contributed by atoms with Crippen LogP contribution in [0, 0.1) is 0 Å². The first kappa shape index (κ1) is 90.2. The molecule has 0 aliphatic heterocycles. The van der Waals surface area contributed by atoms with Crippen molar-refractivity contribution in [3.63, 3.8) is 0 Å². The van der Waals surface area contributed by atoms with Gasteiger partial charge in [0, 0.05) is 19.3 Å². The Kier molecular flexibility index (Phi) is 65.1. The molecule has 0 rings (SSSR count). The lowest BCUT2D eigenvalue weighted by Gasteiger charge is -2.21. The lowest BCUT2D eigenvalue weighted by atomic mass is 10.0. The predicted molar refractivity (Wildman–Crippen MR) is 381 cm³/mol. The summed E-state index contributed by atoms with van der Waals surface area (Å²) in [6, 6.07) is 0. The molecule has 17 nitrogen and oxygen atoms in total. The van der Waals surface area contributed by atoms with Gasteiger partial charge < -0.3 is 33.8 Å². The van der Waals surface area contributed by atoms with Crippen molar-refractivity contribution in [2.45, 2.75) is 329 Å². The van der Waals surface area contributed by atoms with E-state index in [0.717, 1.165) is 128 Å². The summed E-state index contributed by atoms with van der Waals surface area (Å²) in [5.41, 5.74) is 0. The number of aliphatic hydroxyl groups is 1. The summed E-state index contributed by atoms with van der Waals surface area (Å²) in [7, 11) is -9.96. The van der Waals surface area contributed by atoms with E-state index in [9.17, 15) is 43.2 Å². The maximum atomic E-state index is 13.0. The van der Waals surface area contributed by atoms with E-state index in [1.807, 2.05) is 18.2 Å². The largest absolute Gasteiger partial charge is 0.472 e. The average molecular weight is 1370 g/mol. The van der Waals surface area contributed by atoms with Gasteiger partial charge in [0.2, 0.25) is 0 Å². The third-order valence-electron chi connectivity index (χ3n) is 15.4. The van der Waals surface area contributed by atoms with E-state index in [1.165, 1.54) is 103 Å². The van der Waals surface area contributed by atoms with Gasteiger partial charge in [0.15, 0.2) is 12.2 Å². The number of aliphatic hydroxyl groups excluding tert-OH is 1. The van der Waals surface area contributed by atoms with Crippen molar-refractivity contribution in [1.82, 2.24) is 0 Å². The Bertz CT molecular complexity index is 2120. The molecule has 3 N–H and O–H groups in total. The van der Waals surface area contributed by atoms with Crippen molar-refractivity contribution in [3.8, 4) is 0 Å². The molecule has 0 saturated heterocycles. The monoisotopic (exact) mass is 1370 g/mol. The van der Waals surface area contributed by atoms with Crippen LogP contribution in [0.15, 0.2) is 85.1 Å². The van der Waals surface area contributed by atoms with E-state index in [0.29, 0.717) is 25.7 Å². The van der Waals surface area contributed by atoms with Gasteiger partial charge in [-0.3, -0.25) is 37.3 Å². The second-order valence-corrected chi connectivity index (χ2v) is 27.4. The van der Waals surface area contributed by atoms with Gasteiger partial charge in [-0.1, -0.05) is 267 Å². The molecule has 0 heterocycles. The lowest BCUT2D eigenvalue weighted by molar-refractivity contribution is -0.161. The van der Waals surface area contributed by atoms with E-state index in [1.54, 1.807) is 6.08 Å². The Morgan fingerprint density at radius 2 is 0.596 bits per heavy atom. The molecule has 0 aromatic rings. The third-order valence-corrected chi connectivity index (χ3v) is 17.3. The molecule has 0 aliphatic carbocycles. The molecule has 0 saturated carbocycles. The fourth-order valence-electron chi connectivity index (χ4n) is 9.75. The van der Waals surface area contributed by atoms with Crippen molar-refractivity contribution in [2.24, 2.45) is 0 Å². The van der Waals surface area contributed by atoms with Crippen molar-refractivity contribution in [1.29, 1.82) is 0 Å². The highest BCUT2D eigenvalue weighted by atomic mass is 31.2. The molecule has 0 aliphatic rings. The molecular formula is C75H132O17P2. The van der Waals surface area contributed by atoms with Crippen LogP contribution >= 0.6 is 15.6 Å². The highest BCUT2D eigenvalue weighted by Crippen LogP contribution is 2.45. The number of unbranched alkanes of at least 4 members (excludes halogenated alkanes) is 30.